The Kier molecular flexibility index (Phi) is 2.94. The number of hydrogen-bond donors (Lipinski definition) is 2. The van der Waals surface area contributed by atoms with Gasteiger partial charge in [-0.05, 0) is 18.9 Å². The van der Waals surface area contributed by atoms with Crippen LogP contribution in [0.15, 0.2) is 18.2 Å². The Labute approximate surface area is 91.8 Å². The third-order valence-corrected chi connectivity index (χ3v) is 2.38. The van der Waals surface area contributed by atoms with Crippen molar-refractivity contribution in [2.75, 3.05) is 0 Å². The molecule has 2 rings (SSSR count). The molecule has 0 amide bonds. The summed E-state index contributed by atoms with van der Waals surface area (Å²) in [4.78, 5) is 11.3. The SMILES string of the molecule is O=C(Oc1ccc(B(O)O)c(F)c1)C1CC1. The summed E-state index contributed by atoms with van der Waals surface area (Å²) >= 11 is 0. The van der Waals surface area contributed by atoms with Gasteiger partial charge in [-0.3, -0.25) is 4.79 Å². The summed E-state index contributed by atoms with van der Waals surface area (Å²) in [6, 6.07) is 3.47. The molecule has 4 nitrogen and oxygen atoms in total. The first-order chi connectivity index (χ1) is 7.58. The smallest absolute Gasteiger partial charge is 0.426 e. The maximum atomic E-state index is 13.3. The first-order valence-electron chi connectivity index (χ1n) is 4.95. The van der Waals surface area contributed by atoms with Crippen LogP contribution in [0.5, 0.6) is 5.75 Å². The molecule has 84 valence electrons. The van der Waals surface area contributed by atoms with Crippen molar-refractivity contribution in [1.29, 1.82) is 0 Å². The summed E-state index contributed by atoms with van der Waals surface area (Å²) in [6.07, 6.45) is 1.63. The van der Waals surface area contributed by atoms with Crippen molar-refractivity contribution < 1.29 is 24.0 Å². The molecule has 0 heterocycles. The minimum atomic E-state index is -1.87. The lowest BCUT2D eigenvalue weighted by molar-refractivity contribution is -0.135. The average Bonchev–Trinajstić information content (AvgIpc) is 2.99. The molecule has 0 spiro atoms. The molecule has 1 aromatic carbocycles. The summed E-state index contributed by atoms with van der Waals surface area (Å²) in [6.45, 7) is 0. The fourth-order valence-corrected chi connectivity index (χ4v) is 1.30. The van der Waals surface area contributed by atoms with Crippen molar-refractivity contribution in [2.24, 2.45) is 5.92 Å². The predicted molar refractivity (Wildman–Crippen MR) is 54.6 cm³/mol. The predicted octanol–water partition coefficient (Wildman–Crippen LogP) is -0.179. The molecule has 1 saturated carbocycles. The molecule has 0 bridgehead atoms. The van der Waals surface area contributed by atoms with Crippen molar-refractivity contribution in [3.63, 3.8) is 0 Å². The zero-order valence-corrected chi connectivity index (χ0v) is 8.39. The monoisotopic (exact) mass is 224 g/mol. The quantitative estimate of drug-likeness (QED) is 0.424. The standard InChI is InChI=1S/C10H10BFO4/c12-9-5-7(3-4-8(9)11(14)15)16-10(13)6-1-2-6/h3-6,14-15H,1-2H2. The van der Waals surface area contributed by atoms with Crippen LogP contribution in [0.1, 0.15) is 12.8 Å². The lowest BCUT2D eigenvalue weighted by Crippen LogP contribution is -2.32. The Morgan fingerprint density at radius 3 is 2.62 bits per heavy atom. The van der Waals surface area contributed by atoms with Gasteiger partial charge in [-0.2, -0.15) is 0 Å². The van der Waals surface area contributed by atoms with Gasteiger partial charge in [0.1, 0.15) is 11.6 Å². The molecular formula is C10H10BFO4. The number of hydrogen-bond acceptors (Lipinski definition) is 4. The minimum Gasteiger partial charge on any atom is -0.426 e. The largest absolute Gasteiger partial charge is 0.491 e. The second kappa shape index (κ2) is 4.23. The van der Waals surface area contributed by atoms with Gasteiger partial charge < -0.3 is 14.8 Å². The number of ether oxygens (including phenoxy) is 1. The average molecular weight is 224 g/mol. The Bertz CT molecular complexity index is 417. The maximum Gasteiger partial charge on any atom is 0.491 e. The summed E-state index contributed by atoms with van der Waals surface area (Å²) < 4.78 is 18.2. The van der Waals surface area contributed by atoms with E-state index in [-0.39, 0.29) is 23.1 Å². The van der Waals surface area contributed by atoms with E-state index in [4.69, 9.17) is 14.8 Å². The van der Waals surface area contributed by atoms with Crippen molar-refractivity contribution in [2.45, 2.75) is 12.8 Å². The summed E-state index contributed by atoms with van der Waals surface area (Å²) in [5.74, 6) is -1.15. The highest BCUT2D eigenvalue weighted by Gasteiger charge is 2.31. The van der Waals surface area contributed by atoms with Crippen LogP contribution in [0.2, 0.25) is 0 Å². The molecule has 16 heavy (non-hydrogen) atoms. The normalized spacial score (nSPS) is 14.7. The second-order valence-electron chi connectivity index (χ2n) is 3.75. The molecule has 0 aromatic heterocycles. The van der Waals surface area contributed by atoms with Gasteiger partial charge in [-0.15, -0.1) is 0 Å². The number of carbonyl (C=O) groups is 1. The van der Waals surface area contributed by atoms with E-state index in [9.17, 15) is 9.18 Å². The van der Waals surface area contributed by atoms with Crippen LogP contribution in [0.3, 0.4) is 0 Å². The topological polar surface area (TPSA) is 66.8 Å². The number of benzene rings is 1. The molecule has 1 aromatic rings. The molecule has 0 unspecified atom stereocenters. The number of carbonyl (C=O) groups excluding carboxylic acids is 1. The van der Waals surface area contributed by atoms with E-state index in [1.54, 1.807) is 0 Å². The van der Waals surface area contributed by atoms with Crippen LogP contribution >= 0.6 is 0 Å². The van der Waals surface area contributed by atoms with Crippen LogP contribution < -0.4 is 10.2 Å². The number of halogens is 1. The lowest BCUT2D eigenvalue weighted by Gasteiger charge is -2.06. The molecule has 2 N–H and O–H groups in total. The van der Waals surface area contributed by atoms with Gasteiger partial charge in [0.25, 0.3) is 0 Å². The van der Waals surface area contributed by atoms with Crippen LogP contribution in [0, 0.1) is 11.7 Å². The van der Waals surface area contributed by atoms with Gasteiger partial charge >= 0.3 is 13.1 Å². The van der Waals surface area contributed by atoms with Gasteiger partial charge in [-0.1, -0.05) is 6.07 Å². The first-order valence-corrected chi connectivity index (χ1v) is 4.95. The van der Waals surface area contributed by atoms with Crippen molar-refractivity contribution >= 4 is 18.6 Å². The summed E-state index contributed by atoms with van der Waals surface area (Å²) in [7, 11) is -1.87. The molecule has 1 aliphatic rings. The minimum absolute atomic E-state index is 0.0637. The van der Waals surface area contributed by atoms with E-state index in [2.05, 4.69) is 0 Å². The van der Waals surface area contributed by atoms with E-state index in [1.165, 1.54) is 12.1 Å². The van der Waals surface area contributed by atoms with Gasteiger partial charge in [0.05, 0.1) is 5.92 Å². The first kappa shape index (κ1) is 11.1. The van der Waals surface area contributed by atoms with Crippen LogP contribution in [-0.4, -0.2) is 23.1 Å². The Morgan fingerprint density at radius 1 is 1.44 bits per heavy atom. The fraction of sp³-hybridized carbons (Fsp3) is 0.300. The maximum absolute atomic E-state index is 13.3. The molecule has 0 saturated heterocycles. The van der Waals surface area contributed by atoms with Crippen LogP contribution in [0.25, 0.3) is 0 Å². The highest BCUT2D eigenvalue weighted by Crippen LogP contribution is 2.30. The number of esters is 1. The van der Waals surface area contributed by atoms with Crippen molar-refractivity contribution in [1.82, 2.24) is 0 Å². The molecule has 0 atom stereocenters. The molecular weight excluding hydrogens is 214 g/mol. The van der Waals surface area contributed by atoms with Gasteiger partial charge in [0.15, 0.2) is 0 Å². The van der Waals surface area contributed by atoms with E-state index in [0.29, 0.717) is 0 Å². The van der Waals surface area contributed by atoms with Gasteiger partial charge in [0, 0.05) is 11.5 Å². The zero-order valence-electron chi connectivity index (χ0n) is 8.39. The van der Waals surface area contributed by atoms with E-state index >= 15 is 0 Å². The van der Waals surface area contributed by atoms with E-state index in [0.717, 1.165) is 18.9 Å². The molecule has 0 aliphatic heterocycles. The van der Waals surface area contributed by atoms with Gasteiger partial charge in [-0.25, -0.2) is 4.39 Å². The van der Waals surface area contributed by atoms with E-state index in [1.807, 2.05) is 0 Å². The Hall–Kier alpha value is -1.40. The number of rotatable bonds is 3. The molecule has 6 heteroatoms. The van der Waals surface area contributed by atoms with Crippen molar-refractivity contribution in [3.8, 4) is 5.75 Å². The summed E-state index contributed by atoms with van der Waals surface area (Å²) in [5, 5.41) is 17.6. The zero-order chi connectivity index (χ0) is 11.7. The fourth-order valence-electron chi connectivity index (χ4n) is 1.30. The summed E-state index contributed by atoms with van der Waals surface area (Å²) in [5.41, 5.74) is -0.244. The lowest BCUT2D eigenvalue weighted by atomic mass is 9.80. The van der Waals surface area contributed by atoms with Crippen LogP contribution in [0.4, 0.5) is 4.39 Å². The van der Waals surface area contributed by atoms with Crippen molar-refractivity contribution in [3.05, 3.63) is 24.0 Å². The molecule has 0 radical (unpaired) electrons. The third-order valence-electron chi connectivity index (χ3n) is 2.38. The highest BCUT2D eigenvalue weighted by molar-refractivity contribution is 6.58. The Morgan fingerprint density at radius 2 is 2.12 bits per heavy atom. The Balaban J connectivity index is 2.11. The molecule has 1 aliphatic carbocycles. The van der Waals surface area contributed by atoms with E-state index < -0.39 is 12.9 Å². The second-order valence-corrected chi connectivity index (χ2v) is 3.75. The van der Waals surface area contributed by atoms with Gasteiger partial charge in [0.2, 0.25) is 0 Å². The third kappa shape index (κ3) is 2.40. The highest BCUT2D eigenvalue weighted by atomic mass is 19.1. The van der Waals surface area contributed by atoms with Crippen LogP contribution in [-0.2, 0) is 4.79 Å². The molecule has 1 fully saturated rings.